The Balaban J connectivity index is 2.43. The first kappa shape index (κ1) is 11.8. The van der Waals surface area contributed by atoms with Crippen molar-refractivity contribution in [2.24, 2.45) is 0 Å². The molecule has 0 aliphatic rings. The summed E-state index contributed by atoms with van der Waals surface area (Å²) in [6.45, 7) is 0. The van der Waals surface area contributed by atoms with Crippen LogP contribution in [0, 0.1) is 0 Å². The van der Waals surface area contributed by atoms with Crippen molar-refractivity contribution in [3.05, 3.63) is 46.1 Å². The molecule has 0 amide bonds. The average Bonchev–Trinajstić information content (AvgIpc) is 2.29. The zero-order valence-corrected chi connectivity index (χ0v) is 9.90. The van der Waals surface area contributed by atoms with E-state index in [0.29, 0.717) is 21.3 Å². The highest BCUT2D eigenvalue weighted by atomic mass is 35.5. The Hall–Kier alpha value is -1.65. The number of carboxylic acids is 1. The molecule has 1 heterocycles. The molecule has 1 N–H and O–H groups in total. The molecule has 0 spiro atoms. The summed E-state index contributed by atoms with van der Waals surface area (Å²) in [4.78, 5) is 10.6. The molecule has 0 bridgehead atoms. The van der Waals surface area contributed by atoms with Crippen LogP contribution in [0.4, 0.5) is 0 Å². The lowest BCUT2D eigenvalue weighted by atomic mass is 10.1. The maximum Gasteiger partial charge on any atom is 0.356 e. The van der Waals surface area contributed by atoms with Gasteiger partial charge in [0, 0.05) is 10.6 Å². The van der Waals surface area contributed by atoms with Gasteiger partial charge in [0.25, 0.3) is 0 Å². The quantitative estimate of drug-likeness (QED) is 0.909. The first-order valence-corrected chi connectivity index (χ1v) is 5.36. The van der Waals surface area contributed by atoms with Crippen molar-refractivity contribution < 1.29 is 9.90 Å². The van der Waals surface area contributed by atoms with E-state index in [1.807, 2.05) is 0 Å². The third-order valence-electron chi connectivity index (χ3n) is 2.09. The summed E-state index contributed by atoms with van der Waals surface area (Å²) in [6, 6.07) is 7.89. The van der Waals surface area contributed by atoms with Gasteiger partial charge in [0.05, 0.1) is 10.7 Å². The van der Waals surface area contributed by atoms with Crippen LogP contribution in [-0.4, -0.2) is 21.3 Å². The van der Waals surface area contributed by atoms with Crippen LogP contribution < -0.4 is 0 Å². The van der Waals surface area contributed by atoms with Gasteiger partial charge in [-0.05, 0) is 30.3 Å². The summed E-state index contributed by atoms with van der Waals surface area (Å²) < 4.78 is 0. The second-order valence-corrected chi connectivity index (χ2v) is 4.08. The van der Waals surface area contributed by atoms with E-state index in [2.05, 4.69) is 10.2 Å². The molecule has 86 valence electrons. The Kier molecular flexibility index (Phi) is 3.26. The van der Waals surface area contributed by atoms with E-state index in [1.54, 1.807) is 24.3 Å². The SMILES string of the molecule is O=C(O)c1ccc(-c2ccc(Cl)cc2Cl)nn1. The molecule has 0 atom stereocenters. The van der Waals surface area contributed by atoms with E-state index in [0.717, 1.165) is 0 Å². The van der Waals surface area contributed by atoms with Crippen LogP contribution in [0.3, 0.4) is 0 Å². The van der Waals surface area contributed by atoms with E-state index >= 15 is 0 Å². The molecule has 0 radical (unpaired) electrons. The smallest absolute Gasteiger partial charge is 0.356 e. The minimum atomic E-state index is -1.12. The summed E-state index contributed by atoms with van der Waals surface area (Å²) in [7, 11) is 0. The van der Waals surface area contributed by atoms with Gasteiger partial charge in [0.15, 0.2) is 5.69 Å². The largest absolute Gasteiger partial charge is 0.476 e. The monoisotopic (exact) mass is 268 g/mol. The van der Waals surface area contributed by atoms with Crippen LogP contribution in [-0.2, 0) is 0 Å². The summed E-state index contributed by atoms with van der Waals surface area (Å²) in [5.41, 5.74) is 1.04. The van der Waals surface area contributed by atoms with Crippen LogP contribution in [0.15, 0.2) is 30.3 Å². The number of halogens is 2. The third kappa shape index (κ3) is 2.54. The molecule has 0 saturated heterocycles. The maximum absolute atomic E-state index is 10.6. The maximum atomic E-state index is 10.6. The Bertz CT molecular complexity index is 570. The van der Waals surface area contributed by atoms with Crippen LogP contribution in [0.1, 0.15) is 10.5 Å². The van der Waals surface area contributed by atoms with Gasteiger partial charge in [0.2, 0.25) is 0 Å². The van der Waals surface area contributed by atoms with E-state index in [1.165, 1.54) is 6.07 Å². The number of rotatable bonds is 2. The zero-order valence-electron chi connectivity index (χ0n) is 8.39. The standard InChI is InChI=1S/C11H6Cl2N2O2/c12-6-1-2-7(8(13)5-6)9-3-4-10(11(16)17)15-14-9/h1-5H,(H,16,17). The molecule has 0 unspecified atom stereocenters. The fraction of sp³-hybridized carbons (Fsp3) is 0. The molecule has 0 fully saturated rings. The lowest BCUT2D eigenvalue weighted by molar-refractivity contribution is 0.0689. The first-order chi connectivity index (χ1) is 8.08. The Morgan fingerprint density at radius 3 is 2.41 bits per heavy atom. The van der Waals surface area contributed by atoms with Crippen molar-refractivity contribution in [1.82, 2.24) is 10.2 Å². The van der Waals surface area contributed by atoms with Crippen molar-refractivity contribution in [1.29, 1.82) is 0 Å². The number of carboxylic acid groups (broad SMARTS) is 1. The zero-order chi connectivity index (χ0) is 12.4. The number of hydrogen-bond acceptors (Lipinski definition) is 3. The highest BCUT2D eigenvalue weighted by Crippen LogP contribution is 2.28. The van der Waals surface area contributed by atoms with Gasteiger partial charge in [-0.2, -0.15) is 0 Å². The van der Waals surface area contributed by atoms with Crippen LogP contribution in [0.25, 0.3) is 11.3 Å². The first-order valence-electron chi connectivity index (χ1n) is 4.60. The molecule has 6 heteroatoms. The second kappa shape index (κ2) is 4.69. The molecule has 1 aromatic heterocycles. The van der Waals surface area contributed by atoms with Gasteiger partial charge >= 0.3 is 5.97 Å². The summed E-state index contributed by atoms with van der Waals surface area (Å²) in [5, 5.41) is 17.0. The van der Waals surface area contributed by atoms with E-state index in [-0.39, 0.29) is 5.69 Å². The van der Waals surface area contributed by atoms with Crippen molar-refractivity contribution in [3.63, 3.8) is 0 Å². The lowest BCUT2D eigenvalue weighted by Crippen LogP contribution is -2.02. The minimum absolute atomic E-state index is 0.112. The normalized spacial score (nSPS) is 10.2. The van der Waals surface area contributed by atoms with Crippen LogP contribution >= 0.6 is 23.2 Å². The van der Waals surface area contributed by atoms with Crippen LogP contribution in [0.2, 0.25) is 10.0 Å². The van der Waals surface area contributed by atoms with Crippen LogP contribution in [0.5, 0.6) is 0 Å². The van der Waals surface area contributed by atoms with Crippen molar-refractivity contribution >= 4 is 29.2 Å². The number of carbonyl (C=O) groups is 1. The van der Waals surface area contributed by atoms with Gasteiger partial charge in [-0.3, -0.25) is 0 Å². The molecule has 2 aromatic rings. The number of aromatic nitrogens is 2. The molecule has 0 aliphatic carbocycles. The molecule has 0 aliphatic heterocycles. The van der Waals surface area contributed by atoms with Gasteiger partial charge in [-0.1, -0.05) is 23.2 Å². The van der Waals surface area contributed by atoms with E-state index in [9.17, 15) is 4.79 Å². The van der Waals surface area contributed by atoms with Crippen molar-refractivity contribution in [2.45, 2.75) is 0 Å². The highest BCUT2D eigenvalue weighted by Gasteiger charge is 2.09. The fourth-order valence-corrected chi connectivity index (χ4v) is 1.79. The molecule has 4 nitrogen and oxygen atoms in total. The van der Waals surface area contributed by atoms with Crippen molar-refractivity contribution in [2.75, 3.05) is 0 Å². The highest BCUT2D eigenvalue weighted by molar-refractivity contribution is 6.36. The van der Waals surface area contributed by atoms with E-state index in [4.69, 9.17) is 28.3 Å². The average molecular weight is 269 g/mol. The molecular weight excluding hydrogens is 263 g/mol. The van der Waals surface area contributed by atoms with Gasteiger partial charge in [-0.15, -0.1) is 10.2 Å². The summed E-state index contributed by atoms with van der Waals surface area (Å²) in [5.74, 6) is -1.12. The van der Waals surface area contributed by atoms with Gasteiger partial charge in [0.1, 0.15) is 0 Å². The predicted molar refractivity (Wildman–Crippen MR) is 64.4 cm³/mol. The molecule has 0 saturated carbocycles. The Labute approximate surface area is 107 Å². The van der Waals surface area contributed by atoms with Gasteiger partial charge in [-0.25, -0.2) is 4.79 Å². The number of hydrogen-bond donors (Lipinski definition) is 1. The summed E-state index contributed by atoms with van der Waals surface area (Å²) >= 11 is 11.8. The molecule has 17 heavy (non-hydrogen) atoms. The second-order valence-electron chi connectivity index (χ2n) is 3.23. The lowest BCUT2D eigenvalue weighted by Gasteiger charge is -2.03. The predicted octanol–water partition coefficient (Wildman–Crippen LogP) is 3.15. The summed E-state index contributed by atoms with van der Waals surface area (Å²) in [6.07, 6.45) is 0. The minimum Gasteiger partial charge on any atom is -0.476 e. The molecular formula is C11H6Cl2N2O2. The van der Waals surface area contributed by atoms with Crippen molar-refractivity contribution in [3.8, 4) is 11.3 Å². The Morgan fingerprint density at radius 1 is 1.12 bits per heavy atom. The Morgan fingerprint density at radius 2 is 1.88 bits per heavy atom. The third-order valence-corrected chi connectivity index (χ3v) is 2.64. The number of aromatic carboxylic acids is 1. The van der Waals surface area contributed by atoms with Gasteiger partial charge < -0.3 is 5.11 Å². The van der Waals surface area contributed by atoms with E-state index < -0.39 is 5.97 Å². The fourth-order valence-electron chi connectivity index (χ4n) is 1.29. The molecule has 1 aromatic carbocycles. The molecule has 2 rings (SSSR count). The number of benzene rings is 1. The number of nitrogens with zero attached hydrogens (tertiary/aromatic N) is 2. The topological polar surface area (TPSA) is 63.1 Å².